The number of nitrogens with zero attached hydrogens (tertiary/aromatic N) is 1. The van der Waals surface area contributed by atoms with Crippen molar-refractivity contribution in [2.45, 2.75) is 25.4 Å². The van der Waals surface area contributed by atoms with Gasteiger partial charge in [-0.25, -0.2) is 4.39 Å². The van der Waals surface area contributed by atoms with Crippen molar-refractivity contribution in [3.05, 3.63) is 63.4 Å². The molecular formula is C18H17BrF3N3O2. The number of hydrogen-bond acceptors (Lipinski definition) is 4. The minimum absolute atomic E-state index is 0.00675. The van der Waals surface area contributed by atoms with Crippen LogP contribution >= 0.6 is 15.9 Å². The molecule has 0 spiro atoms. The molecule has 0 aliphatic carbocycles. The highest BCUT2D eigenvalue weighted by molar-refractivity contribution is 9.10. The Morgan fingerprint density at radius 1 is 1.26 bits per heavy atom. The second-order valence-corrected chi connectivity index (χ2v) is 7.10. The van der Waals surface area contributed by atoms with Gasteiger partial charge in [-0.3, -0.25) is 15.8 Å². The van der Waals surface area contributed by atoms with Crippen LogP contribution in [0.2, 0.25) is 0 Å². The lowest BCUT2D eigenvalue weighted by Crippen LogP contribution is -2.48. The number of nitrogens with one attached hydrogen (secondary N) is 1. The second kappa shape index (κ2) is 7.14. The van der Waals surface area contributed by atoms with Crippen LogP contribution in [0.1, 0.15) is 16.7 Å². The van der Waals surface area contributed by atoms with Gasteiger partial charge in [-0.2, -0.15) is 8.78 Å². The summed E-state index contributed by atoms with van der Waals surface area (Å²) in [6.45, 7) is -1.36. The first-order chi connectivity index (χ1) is 12.7. The summed E-state index contributed by atoms with van der Waals surface area (Å²) in [5, 5.41) is 3.06. The fraction of sp³-hybridized carbons (Fsp3) is 0.278. The lowest BCUT2D eigenvalue weighted by Gasteiger charge is -2.29. The second-order valence-electron chi connectivity index (χ2n) is 6.24. The van der Waals surface area contributed by atoms with Crippen LogP contribution in [0.3, 0.4) is 0 Å². The maximum atomic E-state index is 13.7. The van der Waals surface area contributed by atoms with Crippen molar-refractivity contribution in [3.8, 4) is 5.75 Å². The van der Waals surface area contributed by atoms with Crippen LogP contribution in [0.4, 0.5) is 13.2 Å². The van der Waals surface area contributed by atoms with E-state index in [1.165, 1.54) is 35.2 Å². The van der Waals surface area contributed by atoms with Gasteiger partial charge < -0.3 is 9.64 Å². The topological polar surface area (TPSA) is 67.6 Å². The van der Waals surface area contributed by atoms with Crippen molar-refractivity contribution in [1.82, 2.24) is 10.2 Å². The van der Waals surface area contributed by atoms with Gasteiger partial charge in [-0.05, 0) is 63.8 Å². The molecule has 144 valence electrons. The van der Waals surface area contributed by atoms with Crippen molar-refractivity contribution in [2.75, 3.05) is 7.05 Å². The number of halogens is 4. The van der Waals surface area contributed by atoms with Gasteiger partial charge in [0.15, 0.2) is 5.54 Å². The minimum Gasteiger partial charge on any atom is -0.435 e. The first-order valence-corrected chi connectivity index (χ1v) is 8.78. The van der Waals surface area contributed by atoms with Crippen LogP contribution in [0, 0.1) is 12.7 Å². The molecule has 1 aliphatic heterocycles. The Hall–Kier alpha value is -2.10. The summed E-state index contributed by atoms with van der Waals surface area (Å²) in [5.74, 6) is -0.823. The molecule has 2 aromatic rings. The van der Waals surface area contributed by atoms with Gasteiger partial charge in [0.2, 0.25) is 0 Å². The van der Waals surface area contributed by atoms with Crippen molar-refractivity contribution < 1.29 is 22.7 Å². The smallest absolute Gasteiger partial charge is 0.387 e. The molecule has 2 unspecified atom stereocenters. The highest BCUT2D eigenvalue weighted by Gasteiger charge is 2.51. The minimum atomic E-state index is -2.96. The molecule has 0 aromatic heterocycles. The van der Waals surface area contributed by atoms with Gasteiger partial charge in [0, 0.05) is 7.05 Å². The van der Waals surface area contributed by atoms with E-state index in [9.17, 15) is 18.0 Å². The number of benzene rings is 2. The summed E-state index contributed by atoms with van der Waals surface area (Å²) in [5.41, 5.74) is 5.97. The predicted octanol–water partition coefficient (Wildman–Crippen LogP) is 3.05. The fourth-order valence-corrected chi connectivity index (χ4v) is 3.57. The van der Waals surface area contributed by atoms with E-state index in [4.69, 9.17) is 5.73 Å². The number of amides is 1. The summed E-state index contributed by atoms with van der Waals surface area (Å²) in [6.07, 6.45) is -0.779. The van der Waals surface area contributed by atoms with Crippen molar-refractivity contribution in [1.29, 1.82) is 0 Å². The third kappa shape index (κ3) is 3.30. The molecule has 1 heterocycles. The van der Waals surface area contributed by atoms with Crippen LogP contribution in [0.25, 0.3) is 0 Å². The average Bonchev–Trinajstić information content (AvgIpc) is 2.84. The van der Waals surface area contributed by atoms with Crippen LogP contribution in [0.5, 0.6) is 5.75 Å². The third-order valence-corrected chi connectivity index (χ3v) is 5.21. The van der Waals surface area contributed by atoms with Gasteiger partial charge in [0.1, 0.15) is 17.9 Å². The zero-order valence-corrected chi connectivity index (χ0v) is 16.1. The molecule has 1 saturated heterocycles. The Balaban J connectivity index is 2.18. The Labute approximate surface area is 162 Å². The zero-order chi connectivity index (χ0) is 19.9. The van der Waals surface area contributed by atoms with Gasteiger partial charge in [0.25, 0.3) is 5.91 Å². The number of alkyl halides is 2. The Morgan fingerprint density at radius 3 is 2.41 bits per heavy atom. The molecule has 0 bridgehead atoms. The average molecular weight is 444 g/mol. The Kier molecular flexibility index (Phi) is 5.20. The molecule has 3 rings (SSSR count). The molecule has 2 atom stereocenters. The number of carbonyl (C=O) groups excluding carboxylic acids is 1. The molecule has 27 heavy (non-hydrogen) atoms. The highest BCUT2D eigenvalue weighted by Crippen LogP contribution is 2.39. The zero-order valence-electron chi connectivity index (χ0n) is 14.5. The summed E-state index contributed by atoms with van der Waals surface area (Å²) in [7, 11) is 1.54. The molecule has 1 fully saturated rings. The molecule has 1 aliphatic rings. The first kappa shape index (κ1) is 19.7. The predicted molar refractivity (Wildman–Crippen MR) is 96.6 cm³/mol. The van der Waals surface area contributed by atoms with Gasteiger partial charge in [-0.1, -0.05) is 12.1 Å². The Bertz CT molecular complexity index is 896. The van der Waals surface area contributed by atoms with Gasteiger partial charge in [0.05, 0.1) is 4.47 Å². The summed E-state index contributed by atoms with van der Waals surface area (Å²) < 4.78 is 43.5. The van der Waals surface area contributed by atoms with Crippen LogP contribution in [-0.4, -0.2) is 30.8 Å². The first-order valence-electron chi connectivity index (χ1n) is 7.99. The third-order valence-electron chi connectivity index (χ3n) is 4.60. The molecule has 9 heteroatoms. The summed E-state index contributed by atoms with van der Waals surface area (Å²) >= 11 is 3.13. The maximum absolute atomic E-state index is 13.7. The van der Waals surface area contributed by atoms with Crippen molar-refractivity contribution in [3.63, 3.8) is 0 Å². The molecule has 2 aromatic carbocycles. The summed E-state index contributed by atoms with van der Waals surface area (Å²) in [6, 6.07) is 8.67. The normalized spacial score (nSPS) is 22.6. The molecule has 5 nitrogen and oxygen atoms in total. The SMILES string of the molecule is Cc1cc(C2(c3ccc(F)c(Br)c3)NC(N)N(C)C2=O)ccc1OC(F)F. The molecular weight excluding hydrogens is 427 g/mol. The van der Waals surface area contributed by atoms with Crippen molar-refractivity contribution >= 4 is 21.8 Å². The number of rotatable bonds is 4. The van der Waals surface area contributed by atoms with E-state index < -0.39 is 24.3 Å². The molecule has 0 saturated carbocycles. The van der Waals surface area contributed by atoms with E-state index in [-0.39, 0.29) is 16.1 Å². The number of nitrogens with two attached hydrogens (primary N) is 1. The van der Waals surface area contributed by atoms with E-state index in [1.54, 1.807) is 20.0 Å². The lowest BCUT2D eigenvalue weighted by molar-refractivity contribution is -0.131. The number of aryl methyl sites for hydroxylation is 1. The van der Waals surface area contributed by atoms with Crippen LogP contribution in [0.15, 0.2) is 40.9 Å². The lowest BCUT2D eigenvalue weighted by atomic mass is 9.82. The van der Waals surface area contributed by atoms with Crippen LogP contribution < -0.4 is 15.8 Å². The standard InChI is InChI=1S/C18H17BrF3N3O2/c1-9-7-10(4-6-14(9)27-16(21)22)18(15(26)25(2)17(23)24-18)11-3-5-13(20)12(19)8-11/h3-8,16-17,24H,23H2,1-2H3. The number of likely N-dealkylation sites (N-methyl/N-ethyl adjacent to an activating group) is 1. The van der Waals surface area contributed by atoms with Crippen molar-refractivity contribution in [2.24, 2.45) is 5.73 Å². The van der Waals surface area contributed by atoms with E-state index in [2.05, 4.69) is 26.0 Å². The maximum Gasteiger partial charge on any atom is 0.387 e. The quantitative estimate of drug-likeness (QED) is 0.761. The highest BCUT2D eigenvalue weighted by atomic mass is 79.9. The van der Waals surface area contributed by atoms with Gasteiger partial charge >= 0.3 is 6.61 Å². The molecule has 0 radical (unpaired) electrons. The summed E-state index contributed by atoms with van der Waals surface area (Å²) in [4.78, 5) is 14.5. The number of carbonyl (C=O) groups is 1. The molecule has 3 N–H and O–H groups in total. The largest absolute Gasteiger partial charge is 0.435 e. The van der Waals surface area contributed by atoms with E-state index in [0.29, 0.717) is 16.7 Å². The number of hydrogen-bond donors (Lipinski definition) is 2. The van der Waals surface area contributed by atoms with Crippen LogP contribution in [-0.2, 0) is 10.3 Å². The van der Waals surface area contributed by atoms with E-state index in [1.807, 2.05) is 0 Å². The molecule has 1 amide bonds. The van der Waals surface area contributed by atoms with E-state index >= 15 is 0 Å². The fourth-order valence-electron chi connectivity index (χ4n) is 3.19. The van der Waals surface area contributed by atoms with Gasteiger partial charge in [-0.15, -0.1) is 0 Å². The number of ether oxygens (including phenoxy) is 1. The monoisotopic (exact) mass is 443 g/mol. The Morgan fingerprint density at radius 2 is 1.89 bits per heavy atom. The van der Waals surface area contributed by atoms with E-state index in [0.717, 1.165) is 0 Å².